The molecule has 1 aromatic carbocycles. The normalized spacial score (nSPS) is 19.2. The number of carbonyl (C=O) groups excluding carboxylic acids is 1. The van der Waals surface area contributed by atoms with Gasteiger partial charge in [-0.25, -0.2) is 13.1 Å². The largest absolute Gasteiger partial charge is 0.311 e. The number of benzene rings is 1. The Morgan fingerprint density at radius 2 is 2.05 bits per heavy atom. The lowest BCUT2D eigenvalue weighted by Gasteiger charge is -2.28. The smallest absolute Gasteiger partial charge is 0.240 e. The third-order valence-electron chi connectivity index (χ3n) is 4.16. The number of fused-ring (bicyclic) bond motifs is 1. The Labute approximate surface area is 135 Å². The molecule has 1 amide bonds. The van der Waals surface area contributed by atoms with Crippen LogP contribution >= 0.6 is 11.8 Å². The Morgan fingerprint density at radius 3 is 2.73 bits per heavy atom. The van der Waals surface area contributed by atoms with Crippen molar-refractivity contribution in [2.75, 3.05) is 17.2 Å². The highest BCUT2D eigenvalue weighted by atomic mass is 32.2. The fourth-order valence-corrected chi connectivity index (χ4v) is 5.46. The van der Waals surface area contributed by atoms with E-state index in [1.165, 1.54) is 6.92 Å². The summed E-state index contributed by atoms with van der Waals surface area (Å²) in [6, 6.07) is 5.08. The monoisotopic (exact) mass is 340 g/mol. The summed E-state index contributed by atoms with van der Waals surface area (Å²) in [4.78, 5) is 14.5. The number of hydrogen-bond acceptors (Lipinski definition) is 4. The van der Waals surface area contributed by atoms with Crippen LogP contribution in [0.1, 0.15) is 32.6 Å². The van der Waals surface area contributed by atoms with E-state index in [1.54, 1.807) is 34.9 Å². The first-order valence-electron chi connectivity index (χ1n) is 7.55. The maximum Gasteiger partial charge on any atom is 0.240 e. The number of nitrogens with one attached hydrogen (secondary N) is 1. The van der Waals surface area contributed by atoms with E-state index in [-0.39, 0.29) is 16.8 Å². The Morgan fingerprint density at radius 1 is 1.32 bits per heavy atom. The van der Waals surface area contributed by atoms with E-state index < -0.39 is 10.0 Å². The zero-order chi connectivity index (χ0) is 15.7. The highest BCUT2D eigenvalue weighted by molar-refractivity contribution is 7.99. The molecule has 0 spiro atoms. The van der Waals surface area contributed by atoms with Crippen molar-refractivity contribution >= 4 is 33.4 Å². The molecule has 0 radical (unpaired) electrons. The summed E-state index contributed by atoms with van der Waals surface area (Å²) in [5, 5.41) is 0. The van der Waals surface area contributed by atoms with Crippen LogP contribution in [0.15, 0.2) is 28.0 Å². The molecular weight excluding hydrogens is 320 g/mol. The fraction of sp³-hybridized carbons (Fsp3) is 0.533. The molecule has 0 bridgehead atoms. The van der Waals surface area contributed by atoms with Crippen LogP contribution in [0, 0.1) is 0 Å². The third-order valence-corrected chi connectivity index (χ3v) is 6.70. The lowest BCUT2D eigenvalue weighted by Crippen LogP contribution is -2.34. The Bertz CT molecular complexity index is 682. The number of nitrogens with zero attached hydrogens (tertiary/aromatic N) is 1. The van der Waals surface area contributed by atoms with Gasteiger partial charge in [-0.1, -0.05) is 12.8 Å². The lowest BCUT2D eigenvalue weighted by molar-refractivity contribution is -0.116. The van der Waals surface area contributed by atoms with Crippen LogP contribution in [0.4, 0.5) is 5.69 Å². The van der Waals surface area contributed by atoms with Gasteiger partial charge < -0.3 is 4.90 Å². The fourth-order valence-electron chi connectivity index (χ4n) is 3.03. The minimum Gasteiger partial charge on any atom is -0.311 e. The maximum atomic E-state index is 12.5. The van der Waals surface area contributed by atoms with Gasteiger partial charge in [0.1, 0.15) is 0 Å². The standard InChI is InChI=1S/C15H20N2O3S2/c1-11(18)17-8-9-21-15-10-13(6-7-14(15)17)22(19,20)16-12-4-2-3-5-12/h6-7,10,12,16H,2-5,8-9H2,1H3. The summed E-state index contributed by atoms with van der Waals surface area (Å²) in [6.45, 7) is 2.20. The topological polar surface area (TPSA) is 66.5 Å². The lowest BCUT2D eigenvalue weighted by atomic mass is 10.2. The number of anilines is 1. The van der Waals surface area contributed by atoms with Crippen molar-refractivity contribution in [3.05, 3.63) is 18.2 Å². The van der Waals surface area contributed by atoms with E-state index >= 15 is 0 Å². The number of hydrogen-bond donors (Lipinski definition) is 1. The maximum absolute atomic E-state index is 12.5. The molecule has 0 saturated heterocycles. The Balaban J connectivity index is 1.88. The quantitative estimate of drug-likeness (QED) is 0.917. The molecule has 5 nitrogen and oxygen atoms in total. The van der Waals surface area contributed by atoms with Gasteiger partial charge in [0.25, 0.3) is 0 Å². The van der Waals surface area contributed by atoms with Crippen molar-refractivity contribution in [1.29, 1.82) is 0 Å². The van der Waals surface area contributed by atoms with Gasteiger partial charge in [-0.3, -0.25) is 4.79 Å². The van der Waals surface area contributed by atoms with Gasteiger partial charge in [0.15, 0.2) is 0 Å². The first kappa shape index (κ1) is 15.8. The summed E-state index contributed by atoms with van der Waals surface area (Å²) < 4.78 is 27.8. The van der Waals surface area contributed by atoms with Crippen LogP contribution in [-0.2, 0) is 14.8 Å². The van der Waals surface area contributed by atoms with Crippen LogP contribution in [-0.4, -0.2) is 32.7 Å². The molecule has 7 heteroatoms. The van der Waals surface area contributed by atoms with Crippen molar-refractivity contribution in [2.24, 2.45) is 0 Å². The first-order valence-corrected chi connectivity index (χ1v) is 10.0. The first-order chi connectivity index (χ1) is 10.5. The summed E-state index contributed by atoms with van der Waals surface area (Å²) in [5.41, 5.74) is 0.809. The summed E-state index contributed by atoms with van der Waals surface area (Å²) in [7, 11) is -3.48. The minimum atomic E-state index is -3.48. The van der Waals surface area contributed by atoms with Crippen molar-refractivity contribution in [1.82, 2.24) is 4.72 Å². The van der Waals surface area contributed by atoms with Crippen LogP contribution in [0.2, 0.25) is 0 Å². The number of carbonyl (C=O) groups is 1. The van der Waals surface area contributed by atoms with E-state index in [0.717, 1.165) is 42.0 Å². The highest BCUT2D eigenvalue weighted by Crippen LogP contribution is 2.36. The molecule has 0 unspecified atom stereocenters. The van der Waals surface area contributed by atoms with Gasteiger partial charge in [0.2, 0.25) is 15.9 Å². The molecule has 1 saturated carbocycles. The molecule has 1 aliphatic carbocycles. The second kappa shape index (κ2) is 6.22. The summed E-state index contributed by atoms with van der Waals surface area (Å²) >= 11 is 1.60. The number of rotatable bonds is 3. The molecule has 0 aromatic heterocycles. The molecule has 1 aromatic rings. The highest BCUT2D eigenvalue weighted by Gasteiger charge is 2.26. The van der Waals surface area contributed by atoms with Crippen molar-refractivity contribution in [3.8, 4) is 0 Å². The summed E-state index contributed by atoms with van der Waals surface area (Å²) in [5.74, 6) is 0.771. The predicted octanol–water partition coefficient (Wildman–Crippen LogP) is 2.37. The SMILES string of the molecule is CC(=O)N1CCSc2cc(S(=O)(=O)NC3CCCC3)ccc21. The van der Waals surface area contributed by atoms with E-state index in [4.69, 9.17) is 0 Å². The molecule has 1 heterocycles. The molecule has 3 rings (SSSR count). The molecular formula is C15H20N2O3S2. The van der Waals surface area contributed by atoms with Crippen molar-refractivity contribution < 1.29 is 13.2 Å². The van der Waals surface area contributed by atoms with Gasteiger partial charge in [-0.05, 0) is 31.0 Å². The van der Waals surface area contributed by atoms with Crippen LogP contribution < -0.4 is 9.62 Å². The van der Waals surface area contributed by atoms with Crippen LogP contribution in [0.3, 0.4) is 0 Å². The average Bonchev–Trinajstić information content (AvgIpc) is 2.98. The predicted molar refractivity (Wildman–Crippen MR) is 87.8 cm³/mol. The van der Waals surface area contributed by atoms with Gasteiger partial charge >= 0.3 is 0 Å². The van der Waals surface area contributed by atoms with E-state index in [0.29, 0.717) is 6.54 Å². The number of thioether (sulfide) groups is 1. The van der Waals surface area contributed by atoms with Crippen LogP contribution in [0.5, 0.6) is 0 Å². The Kier molecular flexibility index (Phi) is 4.47. The number of amides is 1. The van der Waals surface area contributed by atoms with E-state index in [1.807, 2.05) is 0 Å². The van der Waals surface area contributed by atoms with Gasteiger partial charge in [0, 0.05) is 30.2 Å². The van der Waals surface area contributed by atoms with E-state index in [2.05, 4.69) is 4.72 Å². The molecule has 0 atom stereocenters. The number of sulfonamides is 1. The molecule has 1 N–H and O–H groups in total. The third kappa shape index (κ3) is 3.16. The zero-order valence-electron chi connectivity index (χ0n) is 12.5. The van der Waals surface area contributed by atoms with E-state index in [9.17, 15) is 13.2 Å². The van der Waals surface area contributed by atoms with Gasteiger partial charge in [0.05, 0.1) is 10.6 Å². The molecule has 1 aliphatic heterocycles. The average molecular weight is 340 g/mol. The Hall–Kier alpha value is -1.05. The second-order valence-electron chi connectivity index (χ2n) is 5.75. The summed E-state index contributed by atoms with van der Waals surface area (Å²) in [6.07, 6.45) is 4.00. The molecule has 120 valence electrons. The minimum absolute atomic E-state index is 0.0127. The van der Waals surface area contributed by atoms with Gasteiger partial charge in [-0.15, -0.1) is 11.8 Å². The van der Waals surface area contributed by atoms with Crippen LogP contribution in [0.25, 0.3) is 0 Å². The van der Waals surface area contributed by atoms with Crippen molar-refractivity contribution in [2.45, 2.75) is 48.4 Å². The molecule has 22 heavy (non-hydrogen) atoms. The zero-order valence-corrected chi connectivity index (χ0v) is 14.2. The van der Waals surface area contributed by atoms with Crippen molar-refractivity contribution in [3.63, 3.8) is 0 Å². The second-order valence-corrected chi connectivity index (χ2v) is 8.60. The molecule has 1 fully saturated rings. The molecule has 2 aliphatic rings. The van der Waals surface area contributed by atoms with Gasteiger partial charge in [-0.2, -0.15) is 0 Å².